The maximum atomic E-state index is 10.8. The number of carboxylic acids is 1. The average Bonchev–Trinajstić information content (AvgIpc) is 2.78. The molecule has 7 heteroatoms. The number of nitro groups is 1. The van der Waals surface area contributed by atoms with Crippen molar-refractivity contribution < 1.29 is 19.2 Å². The van der Waals surface area contributed by atoms with Crippen LogP contribution in [0.2, 0.25) is 0 Å². The minimum absolute atomic E-state index is 0.0763. The van der Waals surface area contributed by atoms with E-state index < -0.39 is 10.9 Å². The van der Waals surface area contributed by atoms with Gasteiger partial charge in [0.2, 0.25) is 0 Å². The van der Waals surface area contributed by atoms with Gasteiger partial charge in [0.25, 0.3) is 5.69 Å². The number of carboxylic acid groups (broad SMARTS) is 1. The third-order valence-electron chi connectivity index (χ3n) is 2.11. The fraction of sp³-hybridized carbons (Fsp3) is 0. The Labute approximate surface area is 94.5 Å². The summed E-state index contributed by atoms with van der Waals surface area (Å²) in [5.41, 5.74) is 0.120. The zero-order valence-corrected chi connectivity index (χ0v) is 8.36. The van der Waals surface area contributed by atoms with Gasteiger partial charge in [-0.15, -0.1) is 0 Å². The van der Waals surface area contributed by atoms with Crippen LogP contribution in [-0.2, 0) is 0 Å². The van der Waals surface area contributed by atoms with Crippen LogP contribution in [0.5, 0.6) is 0 Å². The summed E-state index contributed by atoms with van der Waals surface area (Å²) in [6, 6.07) is 5.35. The molecule has 0 fully saturated rings. The normalized spacial score (nSPS) is 10.1. The summed E-state index contributed by atoms with van der Waals surface area (Å²) in [7, 11) is 0. The Balaban J connectivity index is 2.43. The Hall–Kier alpha value is -2.70. The van der Waals surface area contributed by atoms with E-state index in [0.717, 1.165) is 6.39 Å². The fourth-order valence-electron chi connectivity index (χ4n) is 1.34. The smallest absolute Gasteiger partial charge is 0.358 e. The number of aromatic nitrogens is 1. The third kappa shape index (κ3) is 1.98. The minimum Gasteiger partial charge on any atom is -0.476 e. The molecule has 0 aliphatic heterocycles. The highest BCUT2D eigenvalue weighted by Gasteiger charge is 2.17. The predicted molar refractivity (Wildman–Crippen MR) is 55.6 cm³/mol. The van der Waals surface area contributed by atoms with Gasteiger partial charge < -0.3 is 9.52 Å². The highest BCUT2D eigenvalue weighted by Crippen LogP contribution is 2.25. The van der Waals surface area contributed by atoms with Gasteiger partial charge in [0.1, 0.15) is 0 Å². The number of rotatable bonds is 3. The van der Waals surface area contributed by atoms with Crippen molar-refractivity contribution in [2.45, 2.75) is 0 Å². The fourth-order valence-corrected chi connectivity index (χ4v) is 1.34. The first-order chi connectivity index (χ1) is 8.09. The number of hydrogen-bond acceptors (Lipinski definition) is 5. The van der Waals surface area contributed by atoms with Crippen molar-refractivity contribution in [3.8, 4) is 11.3 Å². The number of aromatic carboxylic acids is 1. The van der Waals surface area contributed by atoms with Crippen molar-refractivity contribution in [3.05, 3.63) is 46.5 Å². The molecule has 0 saturated heterocycles. The van der Waals surface area contributed by atoms with Crippen LogP contribution in [0.15, 0.2) is 35.1 Å². The summed E-state index contributed by atoms with van der Waals surface area (Å²) in [6.07, 6.45) is 1.01. The molecule has 0 amide bonds. The van der Waals surface area contributed by atoms with Crippen LogP contribution in [0.3, 0.4) is 0 Å². The van der Waals surface area contributed by atoms with Crippen LogP contribution in [0.25, 0.3) is 11.3 Å². The molecular formula is C10H6N2O5. The topological polar surface area (TPSA) is 106 Å². The summed E-state index contributed by atoms with van der Waals surface area (Å²) in [5, 5.41) is 19.3. The molecule has 86 valence electrons. The summed E-state index contributed by atoms with van der Waals surface area (Å²) in [4.78, 5) is 24.3. The van der Waals surface area contributed by atoms with Crippen molar-refractivity contribution in [2.75, 3.05) is 0 Å². The molecule has 0 bridgehead atoms. The van der Waals surface area contributed by atoms with Gasteiger partial charge in [-0.25, -0.2) is 9.78 Å². The largest absolute Gasteiger partial charge is 0.476 e. The molecule has 0 radical (unpaired) electrons. The summed E-state index contributed by atoms with van der Waals surface area (Å²) in [6.45, 7) is 0. The second kappa shape index (κ2) is 4.05. The molecule has 1 heterocycles. The monoisotopic (exact) mass is 234 g/mol. The molecule has 2 aromatic rings. The number of benzene rings is 1. The number of non-ortho nitro benzene ring substituents is 1. The van der Waals surface area contributed by atoms with Crippen molar-refractivity contribution in [3.63, 3.8) is 0 Å². The van der Waals surface area contributed by atoms with E-state index in [1.165, 1.54) is 24.3 Å². The lowest BCUT2D eigenvalue weighted by molar-refractivity contribution is -0.384. The molecule has 1 N–H and O–H groups in total. The molecule has 0 saturated carbocycles. The lowest BCUT2D eigenvalue weighted by Gasteiger charge is -1.97. The summed E-state index contributed by atoms with van der Waals surface area (Å²) < 4.78 is 4.95. The minimum atomic E-state index is -1.22. The highest BCUT2D eigenvalue weighted by atomic mass is 16.6. The molecule has 2 rings (SSSR count). The Morgan fingerprint density at radius 3 is 2.53 bits per heavy atom. The van der Waals surface area contributed by atoms with Crippen molar-refractivity contribution in [1.82, 2.24) is 4.98 Å². The SMILES string of the molecule is O=C(O)c1ncoc1-c1ccc([N+](=O)[O-])cc1. The van der Waals surface area contributed by atoms with Gasteiger partial charge in [0, 0.05) is 17.7 Å². The molecule has 17 heavy (non-hydrogen) atoms. The molecule has 0 spiro atoms. The molecule has 0 unspecified atom stereocenters. The van der Waals surface area contributed by atoms with E-state index in [2.05, 4.69) is 4.98 Å². The molecular weight excluding hydrogens is 228 g/mol. The third-order valence-corrected chi connectivity index (χ3v) is 2.11. The van der Waals surface area contributed by atoms with E-state index >= 15 is 0 Å². The second-order valence-corrected chi connectivity index (χ2v) is 3.14. The first kappa shape index (κ1) is 10.8. The first-order valence-corrected chi connectivity index (χ1v) is 4.51. The van der Waals surface area contributed by atoms with Crippen molar-refractivity contribution in [2.24, 2.45) is 0 Å². The number of hydrogen-bond donors (Lipinski definition) is 1. The van der Waals surface area contributed by atoms with Gasteiger partial charge in [-0.3, -0.25) is 10.1 Å². The molecule has 0 atom stereocenters. The van der Waals surface area contributed by atoms with Crippen molar-refractivity contribution >= 4 is 11.7 Å². The summed E-state index contributed by atoms with van der Waals surface area (Å²) >= 11 is 0. The Morgan fingerprint density at radius 1 is 1.35 bits per heavy atom. The van der Waals surface area contributed by atoms with Gasteiger partial charge in [-0.1, -0.05) is 0 Å². The van der Waals surface area contributed by atoms with E-state index in [9.17, 15) is 14.9 Å². The lowest BCUT2D eigenvalue weighted by Crippen LogP contribution is -1.98. The van der Waals surface area contributed by atoms with Crippen LogP contribution in [0.4, 0.5) is 5.69 Å². The standard InChI is InChI=1S/C10H6N2O5/c13-10(14)8-9(17-5-11-8)6-1-3-7(4-2-6)12(15)16/h1-5H,(H,13,14). The number of nitrogens with zero attached hydrogens (tertiary/aromatic N) is 2. The average molecular weight is 234 g/mol. The predicted octanol–water partition coefficient (Wildman–Crippen LogP) is 1.95. The molecule has 0 aliphatic rings. The maximum absolute atomic E-state index is 10.8. The van der Waals surface area contributed by atoms with Crippen LogP contribution >= 0.6 is 0 Å². The number of carbonyl (C=O) groups is 1. The van der Waals surface area contributed by atoms with Crippen LogP contribution in [-0.4, -0.2) is 21.0 Å². The van der Waals surface area contributed by atoms with E-state index in [-0.39, 0.29) is 17.1 Å². The van der Waals surface area contributed by atoms with E-state index in [0.29, 0.717) is 5.56 Å². The summed E-state index contributed by atoms with van der Waals surface area (Å²) in [5.74, 6) is -1.14. The lowest BCUT2D eigenvalue weighted by atomic mass is 10.1. The molecule has 1 aromatic heterocycles. The van der Waals surface area contributed by atoms with Gasteiger partial charge in [-0.05, 0) is 12.1 Å². The molecule has 1 aromatic carbocycles. The Bertz CT molecular complexity index is 573. The molecule has 0 aliphatic carbocycles. The van der Waals surface area contributed by atoms with Crippen LogP contribution in [0, 0.1) is 10.1 Å². The number of nitro benzene ring substituents is 1. The zero-order valence-electron chi connectivity index (χ0n) is 8.36. The van der Waals surface area contributed by atoms with Crippen molar-refractivity contribution in [1.29, 1.82) is 0 Å². The van der Waals surface area contributed by atoms with Gasteiger partial charge >= 0.3 is 5.97 Å². The van der Waals surface area contributed by atoms with E-state index in [4.69, 9.17) is 9.52 Å². The van der Waals surface area contributed by atoms with Crippen LogP contribution < -0.4 is 0 Å². The quantitative estimate of drug-likeness (QED) is 0.642. The Morgan fingerprint density at radius 2 is 2.00 bits per heavy atom. The number of oxazole rings is 1. The Kier molecular flexibility index (Phi) is 2.57. The maximum Gasteiger partial charge on any atom is 0.358 e. The van der Waals surface area contributed by atoms with Crippen LogP contribution in [0.1, 0.15) is 10.5 Å². The highest BCUT2D eigenvalue weighted by molar-refractivity contribution is 5.92. The van der Waals surface area contributed by atoms with Gasteiger partial charge in [0.15, 0.2) is 17.8 Å². The van der Waals surface area contributed by atoms with Gasteiger partial charge in [0.05, 0.1) is 4.92 Å². The molecule has 7 nitrogen and oxygen atoms in total. The zero-order chi connectivity index (χ0) is 12.4. The van der Waals surface area contributed by atoms with E-state index in [1.54, 1.807) is 0 Å². The second-order valence-electron chi connectivity index (χ2n) is 3.14. The van der Waals surface area contributed by atoms with Gasteiger partial charge in [-0.2, -0.15) is 0 Å². The van der Waals surface area contributed by atoms with E-state index in [1.807, 2.05) is 0 Å². The first-order valence-electron chi connectivity index (χ1n) is 4.51.